The van der Waals surface area contributed by atoms with Gasteiger partial charge in [-0.3, -0.25) is 14.2 Å². The van der Waals surface area contributed by atoms with Gasteiger partial charge in [-0.2, -0.15) is 5.10 Å². The smallest absolute Gasteiger partial charge is 0.263 e. The lowest BCUT2D eigenvalue weighted by atomic mass is 10.1. The third kappa shape index (κ3) is 4.99. The summed E-state index contributed by atoms with van der Waals surface area (Å²) in [4.78, 5) is 30.6. The van der Waals surface area contributed by atoms with Crippen molar-refractivity contribution >= 4 is 33.7 Å². The van der Waals surface area contributed by atoms with E-state index in [1.165, 1.54) is 28.4 Å². The number of amides is 1. The Bertz CT molecular complexity index is 1410. The number of thiophene rings is 1. The molecule has 9 heteroatoms. The van der Waals surface area contributed by atoms with E-state index in [0.29, 0.717) is 28.3 Å². The van der Waals surface area contributed by atoms with E-state index in [4.69, 9.17) is 9.47 Å². The zero-order valence-electron chi connectivity index (χ0n) is 19.1. The van der Waals surface area contributed by atoms with Crippen LogP contribution in [-0.2, 0) is 11.3 Å². The maximum atomic E-state index is 13.1. The maximum absolute atomic E-state index is 13.1. The van der Waals surface area contributed by atoms with Gasteiger partial charge in [0.2, 0.25) is 0 Å². The average Bonchev–Trinajstić information content (AvgIpc) is 3.27. The van der Waals surface area contributed by atoms with Crippen LogP contribution in [0.1, 0.15) is 18.1 Å². The van der Waals surface area contributed by atoms with Gasteiger partial charge < -0.3 is 9.47 Å². The van der Waals surface area contributed by atoms with Gasteiger partial charge in [-0.25, -0.2) is 10.4 Å². The average molecular weight is 477 g/mol. The Morgan fingerprint density at radius 1 is 1.21 bits per heavy atom. The van der Waals surface area contributed by atoms with Crippen molar-refractivity contribution in [3.05, 3.63) is 75.7 Å². The fourth-order valence-corrected chi connectivity index (χ4v) is 4.34. The lowest BCUT2D eigenvalue weighted by Crippen LogP contribution is -2.30. The summed E-state index contributed by atoms with van der Waals surface area (Å²) in [6.07, 6.45) is 2.88. The zero-order valence-corrected chi connectivity index (χ0v) is 19.9. The number of hydrogen-bond acceptors (Lipinski definition) is 7. The molecular weight excluding hydrogens is 452 g/mol. The van der Waals surface area contributed by atoms with Crippen LogP contribution in [0.3, 0.4) is 0 Å². The second kappa shape index (κ2) is 10.3. The molecule has 0 radical (unpaired) electrons. The summed E-state index contributed by atoms with van der Waals surface area (Å²) in [6, 6.07) is 13.3. The van der Waals surface area contributed by atoms with Crippen LogP contribution in [0.25, 0.3) is 21.3 Å². The third-order valence-corrected chi connectivity index (χ3v) is 6.01. The van der Waals surface area contributed by atoms with Gasteiger partial charge in [-0.05, 0) is 43.2 Å². The Kier molecular flexibility index (Phi) is 7.03. The summed E-state index contributed by atoms with van der Waals surface area (Å²) in [5.74, 6) is 0.764. The first-order valence-electron chi connectivity index (χ1n) is 10.7. The number of nitrogens with zero attached hydrogens (tertiary/aromatic N) is 3. The number of rotatable bonds is 8. The van der Waals surface area contributed by atoms with Crippen molar-refractivity contribution < 1.29 is 14.3 Å². The highest BCUT2D eigenvalue weighted by Crippen LogP contribution is 2.30. The predicted molar refractivity (Wildman–Crippen MR) is 134 cm³/mol. The quantitative estimate of drug-likeness (QED) is 0.307. The van der Waals surface area contributed by atoms with E-state index in [9.17, 15) is 9.59 Å². The van der Waals surface area contributed by atoms with Gasteiger partial charge in [0.1, 0.15) is 11.4 Å². The minimum absolute atomic E-state index is 0.200. The standard InChI is InChI=1S/C25H24N4O4S/c1-4-33-20-10-7-17(11-21(20)32-3)12-27-28-22(30)13-29-15-26-24-23(25(29)31)19(14-34-24)18-8-5-16(2)6-9-18/h5-12,14-15H,4,13H2,1-3H3,(H,28,30). The van der Waals surface area contributed by atoms with Gasteiger partial charge >= 0.3 is 0 Å². The fourth-order valence-electron chi connectivity index (χ4n) is 3.43. The third-order valence-electron chi connectivity index (χ3n) is 5.13. The molecular formula is C25H24N4O4S. The molecule has 1 N–H and O–H groups in total. The van der Waals surface area contributed by atoms with Crippen LogP contribution in [0.15, 0.2) is 64.1 Å². The van der Waals surface area contributed by atoms with Gasteiger partial charge in [0, 0.05) is 10.9 Å². The highest BCUT2D eigenvalue weighted by Gasteiger charge is 2.14. The number of fused-ring (bicyclic) bond motifs is 1. The van der Waals surface area contributed by atoms with Crippen LogP contribution in [-0.4, -0.2) is 35.4 Å². The monoisotopic (exact) mass is 476 g/mol. The van der Waals surface area contributed by atoms with E-state index in [-0.39, 0.29) is 12.1 Å². The van der Waals surface area contributed by atoms with Gasteiger partial charge in [-0.1, -0.05) is 29.8 Å². The fraction of sp³-hybridized carbons (Fsp3) is 0.200. The van der Waals surface area contributed by atoms with E-state index >= 15 is 0 Å². The minimum atomic E-state index is -0.440. The number of hydrogen-bond donors (Lipinski definition) is 1. The van der Waals surface area contributed by atoms with E-state index < -0.39 is 5.91 Å². The molecule has 174 valence electrons. The van der Waals surface area contributed by atoms with Gasteiger partial charge in [-0.15, -0.1) is 11.3 Å². The van der Waals surface area contributed by atoms with E-state index in [1.54, 1.807) is 25.3 Å². The zero-order chi connectivity index (χ0) is 24.1. The highest BCUT2D eigenvalue weighted by molar-refractivity contribution is 7.17. The number of carbonyl (C=O) groups excluding carboxylic acids is 1. The number of nitrogens with one attached hydrogen (secondary N) is 1. The molecule has 0 unspecified atom stereocenters. The number of methoxy groups -OCH3 is 1. The lowest BCUT2D eigenvalue weighted by molar-refractivity contribution is -0.121. The number of hydrazone groups is 1. The second-order valence-corrected chi connectivity index (χ2v) is 8.37. The molecule has 0 spiro atoms. The topological polar surface area (TPSA) is 94.8 Å². The molecule has 0 atom stereocenters. The van der Waals surface area contributed by atoms with Gasteiger partial charge in [0.25, 0.3) is 11.5 Å². The van der Waals surface area contributed by atoms with Crippen LogP contribution in [0.4, 0.5) is 0 Å². The van der Waals surface area contributed by atoms with Crippen molar-refractivity contribution in [1.82, 2.24) is 15.0 Å². The van der Waals surface area contributed by atoms with Crippen LogP contribution in [0, 0.1) is 6.92 Å². The van der Waals surface area contributed by atoms with Crippen LogP contribution < -0.4 is 20.5 Å². The normalized spacial score (nSPS) is 11.1. The summed E-state index contributed by atoms with van der Waals surface area (Å²) in [5, 5.41) is 6.42. The Hall–Kier alpha value is -3.98. The van der Waals surface area contributed by atoms with Gasteiger partial charge in [0.15, 0.2) is 11.5 Å². The Morgan fingerprint density at radius 2 is 2.00 bits per heavy atom. The molecule has 4 aromatic rings. The molecule has 0 saturated carbocycles. The molecule has 0 fully saturated rings. The van der Waals surface area contributed by atoms with E-state index in [0.717, 1.165) is 22.3 Å². The molecule has 2 aromatic heterocycles. The molecule has 0 saturated heterocycles. The maximum Gasteiger partial charge on any atom is 0.263 e. The van der Waals surface area contributed by atoms with Crippen LogP contribution >= 0.6 is 11.3 Å². The minimum Gasteiger partial charge on any atom is -0.493 e. The molecule has 0 aliphatic heterocycles. The Labute approximate surface area is 200 Å². The number of ether oxygens (including phenoxy) is 2. The number of carbonyl (C=O) groups is 1. The van der Waals surface area contributed by atoms with Gasteiger partial charge in [0.05, 0.1) is 31.6 Å². The van der Waals surface area contributed by atoms with Crippen molar-refractivity contribution in [1.29, 1.82) is 0 Å². The predicted octanol–water partition coefficient (Wildman–Crippen LogP) is 3.99. The molecule has 1 amide bonds. The van der Waals surface area contributed by atoms with Crippen molar-refractivity contribution in [2.45, 2.75) is 20.4 Å². The number of aromatic nitrogens is 2. The molecule has 2 heterocycles. The molecule has 34 heavy (non-hydrogen) atoms. The SMILES string of the molecule is CCOc1ccc(C=NNC(=O)Cn2cnc3scc(-c4ccc(C)cc4)c3c2=O)cc1OC. The Morgan fingerprint density at radius 3 is 2.74 bits per heavy atom. The molecule has 2 aromatic carbocycles. The van der Waals surface area contributed by atoms with Crippen molar-refractivity contribution in [2.75, 3.05) is 13.7 Å². The summed E-state index contributed by atoms with van der Waals surface area (Å²) < 4.78 is 12.1. The van der Waals surface area contributed by atoms with Crippen molar-refractivity contribution in [3.8, 4) is 22.6 Å². The summed E-state index contributed by atoms with van der Waals surface area (Å²) >= 11 is 1.41. The van der Waals surface area contributed by atoms with Crippen molar-refractivity contribution in [3.63, 3.8) is 0 Å². The summed E-state index contributed by atoms with van der Waals surface area (Å²) in [7, 11) is 1.56. The molecule has 4 rings (SSSR count). The first kappa shape index (κ1) is 23.2. The van der Waals surface area contributed by atoms with Crippen molar-refractivity contribution in [2.24, 2.45) is 5.10 Å². The van der Waals surface area contributed by atoms with E-state index in [1.807, 2.05) is 43.5 Å². The molecule has 8 nitrogen and oxygen atoms in total. The Balaban J connectivity index is 1.49. The number of aryl methyl sites for hydroxylation is 1. The lowest BCUT2D eigenvalue weighted by Gasteiger charge is -2.09. The first-order valence-corrected chi connectivity index (χ1v) is 11.5. The van der Waals surface area contributed by atoms with Crippen LogP contribution in [0.2, 0.25) is 0 Å². The van der Waals surface area contributed by atoms with E-state index in [2.05, 4.69) is 15.5 Å². The van der Waals surface area contributed by atoms with Crippen LogP contribution in [0.5, 0.6) is 11.5 Å². The molecule has 0 aliphatic carbocycles. The highest BCUT2D eigenvalue weighted by atomic mass is 32.1. The molecule has 0 aliphatic rings. The first-order chi connectivity index (χ1) is 16.5. The molecule has 0 bridgehead atoms. The summed E-state index contributed by atoms with van der Waals surface area (Å²) in [5.41, 5.74) is 5.80. The second-order valence-electron chi connectivity index (χ2n) is 7.51. The number of benzene rings is 2. The summed E-state index contributed by atoms with van der Waals surface area (Å²) in [6.45, 7) is 4.23. The largest absolute Gasteiger partial charge is 0.493 e.